The lowest BCUT2D eigenvalue weighted by atomic mass is 10.1. The standard InChI is InChI=1S/C13H11N3S/c1-17-8-4-5-9-10-3-2-6-15-12(10)13(14)16-11(9)7-8/h2-7H,1H3,(H2,14,16). The summed E-state index contributed by atoms with van der Waals surface area (Å²) in [5.41, 5.74) is 7.63. The highest BCUT2D eigenvalue weighted by atomic mass is 32.2. The third-order valence-corrected chi connectivity index (χ3v) is 3.51. The zero-order chi connectivity index (χ0) is 11.8. The zero-order valence-electron chi connectivity index (χ0n) is 9.34. The summed E-state index contributed by atoms with van der Waals surface area (Å²) >= 11 is 1.70. The second-order valence-electron chi connectivity index (χ2n) is 3.78. The van der Waals surface area contributed by atoms with Crippen molar-refractivity contribution in [3.8, 4) is 0 Å². The van der Waals surface area contributed by atoms with Crippen LogP contribution in [-0.4, -0.2) is 16.2 Å². The molecule has 2 N–H and O–H groups in total. The number of nitrogens with zero attached hydrogens (tertiary/aromatic N) is 2. The van der Waals surface area contributed by atoms with Gasteiger partial charge in [0.05, 0.1) is 5.52 Å². The van der Waals surface area contributed by atoms with Crippen LogP contribution in [0, 0.1) is 0 Å². The van der Waals surface area contributed by atoms with E-state index < -0.39 is 0 Å². The first-order valence-electron chi connectivity index (χ1n) is 5.27. The van der Waals surface area contributed by atoms with Crippen molar-refractivity contribution < 1.29 is 0 Å². The number of nitrogen functional groups attached to an aromatic ring is 1. The molecule has 3 nitrogen and oxygen atoms in total. The molecule has 2 heterocycles. The highest BCUT2D eigenvalue weighted by molar-refractivity contribution is 7.98. The lowest BCUT2D eigenvalue weighted by Gasteiger charge is -2.06. The number of fused-ring (bicyclic) bond motifs is 3. The van der Waals surface area contributed by atoms with E-state index in [1.807, 2.05) is 18.4 Å². The average molecular weight is 241 g/mol. The molecule has 0 saturated heterocycles. The van der Waals surface area contributed by atoms with Crippen molar-refractivity contribution in [2.75, 3.05) is 12.0 Å². The molecule has 0 spiro atoms. The maximum Gasteiger partial charge on any atom is 0.150 e. The first-order chi connectivity index (χ1) is 8.29. The van der Waals surface area contributed by atoms with E-state index in [0.717, 1.165) is 21.8 Å². The summed E-state index contributed by atoms with van der Waals surface area (Å²) in [6.07, 6.45) is 3.79. The molecule has 3 rings (SSSR count). The summed E-state index contributed by atoms with van der Waals surface area (Å²) in [5, 5.41) is 2.16. The summed E-state index contributed by atoms with van der Waals surface area (Å²) in [7, 11) is 0. The van der Waals surface area contributed by atoms with Gasteiger partial charge in [-0.15, -0.1) is 11.8 Å². The fraction of sp³-hybridized carbons (Fsp3) is 0.0769. The number of pyridine rings is 2. The van der Waals surface area contributed by atoms with Gasteiger partial charge >= 0.3 is 0 Å². The maximum atomic E-state index is 5.93. The predicted molar refractivity (Wildman–Crippen MR) is 73.2 cm³/mol. The van der Waals surface area contributed by atoms with Gasteiger partial charge in [0.1, 0.15) is 5.52 Å². The molecule has 84 valence electrons. The Bertz CT molecular complexity index is 709. The number of aromatic nitrogens is 2. The molecule has 0 aliphatic rings. The van der Waals surface area contributed by atoms with Gasteiger partial charge in [0, 0.05) is 21.9 Å². The highest BCUT2D eigenvalue weighted by Crippen LogP contribution is 2.28. The molecule has 4 heteroatoms. The van der Waals surface area contributed by atoms with E-state index in [9.17, 15) is 0 Å². The van der Waals surface area contributed by atoms with Crippen molar-refractivity contribution in [3.63, 3.8) is 0 Å². The van der Waals surface area contributed by atoms with Crippen LogP contribution in [0.25, 0.3) is 21.8 Å². The van der Waals surface area contributed by atoms with Crippen LogP contribution in [0.3, 0.4) is 0 Å². The Kier molecular flexibility index (Phi) is 2.37. The van der Waals surface area contributed by atoms with E-state index in [2.05, 4.69) is 28.2 Å². The van der Waals surface area contributed by atoms with Crippen LogP contribution in [0.5, 0.6) is 0 Å². The monoisotopic (exact) mass is 241 g/mol. The van der Waals surface area contributed by atoms with E-state index in [0.29, 0.717) is 5.82 Å². The molecule has 0 amide bonds. The zero-order valence-corrected chi connectivity index (χ0v) is 10.2. The Morgan fingerprint density at radius 1 is 1.18 bits per heavy atom. The van der Waals surface area contributed by atoms with Gasteiger partial charge in [0.15, 0.2) is 5.82 Å². The summed E-state index contributed by atoms with van der Waals surface area (Å²) in [6.45, 7) is 0. The van der Waals surface area contributed by atoms with Crippen LogP contribution < -0.4 is 5.73 Å². The second kappa shape index (κ2) is 3.89. The molecule has 0 unspecified atom stereocenters. The molecule has 3 aromatic rings. The van der Waals surface area contributed by atoms with Crippen molar-refractivity contribution in [3.05, 3.63) is 36.5 Å². The molecule has 0 radical (unpaired) electrons. The lowest BCUT2D eigenvalue weighted by Crippen LogP contribution is -1.95. The van der Waals surface area contributed by atoms with E-state index in [1.165, 1.54) is 4.90 Å². The summed E-state index contributed by atoms with van der Waals surface area (Å²) in [6, 6.07) is 10.2. The third-order valence-electron chi connectivity index (χ3n) is 2.79. The van der Waals surface area contributed by atoms with Gasteiger partial charge in [0.2, 0.25) is 0 Å². The van der Waals surface area contributed by atoms with E-state index >= 15 is 0 Å². The molecule has 1 aromatic carbocycles. The first-order valence-corrected chi connectivity index (χ1v) is 6.50. The highest BCUT2D eigenvalue weighted by Gasteiger charge is 2.06. The topological polar surface area (TPSA) is 51.8 Å². The van der Waals surface area contributed by atoms with Crippen molar-refractivity contribution in [1.82, 2.24) is 9.97 Å². The van der Waals surface area contributed by atoms with Gasteiger partial charge < -0.3 is 5.73 Å². The van der Waals surface area contributed by atoms with Crippen molar-refractivity contribution in [1.29, 1.82) is 0 Å². The number of anilines is 1. The number of hydrogen-bond acceptors (Lipinski definition) is 4. The third kappa shape index (κ3) is 1.61. The van der Waals surface area contributed by atoms with Crippen molar-refractivity contribution in [2.24, 2.45) is 0 Å². The Morgan fingerprint density at radius 3 is 2.88 bits per heavy atom. The molecule has 0 atom stereocenters. The predicted octanol–water partition coefficient (Wildman–Crippen LogP) is 3.09. The normalized spacial score (nSPS) is 11.1. The quantitative estimate of drug-likeness (QED) is 0.525. The lowest BCUT2D eigenvalue weighted by molar-refractivity contribution is 1.35. The van der Waals surface area contributed by atoms with Crippen LogP contribution in [-0.2, 0) is 0 Å². The summed E-state index contributed by atoms with van der Waals surface area (Å²) < 4.78 is 0. The van der Waals surface area contributed by atoms with Crippen LogP contribution in [0.4, 0.5) is 5.82 Å². The molecule has 17 heavy (non-hydrogen) atoms. The van der Waals surface area contributed by atoms with Crippen molar-refractivity contribution >= 4 is 39.4 Å². The molecule has 0 fully saturated rings. The fourth-order valence-corrected chi connectivity index (χ4v) is 2.40. The van der Waals surface area contributed by atoms with Crippen molar-refractivity contribution in [2.45, 2.75) is 4.90 Å². The SMILES string of the molecule is CSc1ccc2c(c1)nc(N)c1ncccc12. The number of benzene rings is 1. The average Bonchev–Trinajstić information content (AvgIpc) is 2.38. The smallest absolute Gasteiger partial charge is 0.150 e. The van der Waals surface area contributed by atoms with E-state index in [4.69, 9.17) is 5.73 Å². The molecule has 0 bridgehead atoms. The molecule has 0 aliphatic carbocycles. The summed E-state index contributed by atoms with van der Waals surface area (Å²) in [4.78, 5) is 9.88. The Morgan fingerprint density at radius 2 is 2.06 bits per heavy atom. The maximum absolute atomic E-state index is 5.93. The number of rotatable bonds is 1. The van der Waals surface area contributed by atoms with Gasteiger partial charge in [-0.1, -0.05) is 12.1 Å². The Balaban J connectivity index is 2.48. The van der Waals surface area contributed by atoms with Crippen LogP contribution in [0.15, 0.2) is 41.4 Å². The van der Waals surface area contributed by atoms with Crippen LogP contribution in [0.1, 0.15) is 0 Å². The minimum absolute atomic E-state index is 0.492. The van der Waals surface area contributed by atoms with Gasteiger partial charge in [-0.3, -0.25) is 4.98 Å². The molecule has 2 aromatic heterocycles. The Labute approximate surface area is 103 Å². The van der Waals surface area contributed by atoms with Gasteiger partial charge in [0.25, 0.3) is 0 Å². The molecular formula is C13H11N3S. The molecule has 0 aliphatic heterocycles. The fourth-order valence-electron chi connectivity index (χ4n) is 1.97. The van der Waals surface area contributed by atoms with Crippen LogP contribution >= 0.6 is 11.8 Å². The number of hydrogen-bond donors (Lipinski definition) is 1. The minimum atomic E-state index is 0.492. The van der Waals surface area contributed by atoms with E-state index in [1.54, 1.807) is 18.0 Å². The largest absolute Gasteiger partial charge is 0.382 e. The summed E-state index contributed by atoms with van der Waals surface area (Å²) in [5.74, 6) is 0.492. The molecular weight excluding hydrogens is 230 g/mol. The Hall–Kier alpha value is -1.81. The molecule has 0 saturated carbocycles. The first kappa shape index (κ1) is 10.4. The number of nitrogens with two attached hydrogens (primary N) is 1. The van der Waals surface area contributed by atoms with Gasteiger partial charge in [-0.2, -0.15) is 0 Å². The van der Waals surface area contributed by atoms with Gasteiger partial charge in [-0.05, 0) is 24.5 Å². The number of thioether (sulfide) groups is 1. The van der Waals surface area contributed by atoms with Gasteiger partial charge in [-0.25, -0.2) is 4.98 Å². The van der Waals surface area contributed by atoms with E-state index in [-0.39, 0.29) is 0 Å². The minimum Gasteiger partial charge on any atom is -0.382 e. The second-order valence-corrected chi connectivity index (χ2v) is 4.66. The van der Waals surface area contributed by atoms with Crippen LogP contribution in [0.2, 0.25) is 0 Å².